The zero-order valence-electron chi connectivity index (χ0n) is 45.2. The van der Waals surface area contributed by atoms with Crippen LogP contribution in [0, 0.1) is 11.8 Å². The average molecular weight is 1070 g/mol. The summed E-state index contributed by atoms with van der Waals surface area (Å²) in [5, 5.41) is 17.9. The fraction of sp³-hybridized carbons (Fsp3) is 0.533. The Balaban J connectivity index is 0.854. The predicted octanol–water partition coefficient (Wildman–Crippen LogP) is 7.03. The fourth-order valence-corrected chi connectivity index (χ4v) is 12.8. The number of carbonyl (C=O) groups is 7. The van der Waals surface area contributed by atoms with Crippen LogP contribution in [-0.4, -0.2) is 125 Å². The van der Waals surface area contributed by atoms with Crippen LogP contribution in [0.2, 0.25) is 0 Å². The summed E-state index contributed by atoms with van der Waals surface area (Å²) in [4.78, 5) is 106. The molecule has 3 aromatic carbocycles. The van der Waals surface area contributed by atoms with Gasteiger partial charge in [-0.05, 0) is 114 Å². The Kier molecular flexibility index (Phi) is 20.2. The third-order valence-electron chi connectivity index (χ3n) is 16.3. The van der Waals surface area contributed by atoms with Crippen LogP contribution >= 0.6 is 11.3 Å². The molecule has 2 aliphatic carbocycles. The van der Waals surface area contributed by atoms with Crippen LogP contribution in [0.3, 0.4) is 0 Å². The van der Waals surface area contributed by atoms with Crippen molar-refractivity contribution in [3.8, 4) is 5.75 Å². The fourth-order valence-electron chi connectivity index (χ4n) is 11.9. The summed E-state index contributed by atoms with van der Waals surface area (Å²) in [6.45, 7) is 6.41. The standard InChI is InChI=1S/C60H78N8O8S/c1-38(61-4)55(71)65-53(44-26-15-8-16-27-44)60(75)68-34-19-31-49(68)58-63-47(37-77-58)54(70)45-28-17-29-46(36-45)76-35-32-62-39(2)56(72)66-52(43-24-13-7-14-25-43)59(74)67-33-18-30-48(67)57(73)64-51(40(3)69)50(41-20-9-5-10-21-41)42-22-11-6-12-23-42/h5-6,9-12,17,20-23,28-29,36-39,43-44,48-53,61-62H,7-8,13-16,18-19,24-27,30-35H2,1-4H3,(H,64,73)(H,65,71)(H,66,72). The van der Waals surface area contributed by atoms with E-state index in [1.54, 1.807) is 55.4 Å². The van der Waals surface area contributed by atoms with Crippen LogP contribution < -0.4 is 31.3 Å². The van der Waals surface area contributed by atoms with Gasteiger partial charge in [-0.25, -0.2) is 4.98 Å². The Labute approximate surface area is 457 Å². The molecule has 17 heteroatoms. The maximum Gasteiger partial charge on any atom is 0.246 e. The SMILES string of the molecule is CNC(C)C(=O)NC(C(=O)N1CCCC1c1nc(C(=O)c2cccc(OCCNC(C)C(=O)NC(C(=O)N3CCCC3C(=O)NC(C(C)=O)C(c3ccccc3)c3ccccc3)C3CCCCC3)c2)cs1)C1CCCCC1. The van der Waals surface area contributed by atoms with Gasteiger partial charge < -0.3 is 41.1 Å². The van der Waals surface area contributed by atoms with Gasteiger partial charge in [-0.15, -0.1) is 11.3 Å². The van der Waals surface area contributed by atoms with Crippen molar-refractivity contribution < 1.29 is 38.3 Å². The summed E-state index contributed by atoms with van der Waals surface area (Å²) >= 11 is 1.37. The minimum Gasteiger partial charge on any atom is -0.492 e. The molecule has 4 fully saturated rings. The van der Waals surface area contributed by atoms with E-state index >= 15 is 0 Å². The van der Waals surface area contributed by atoms with Gasteiger partial charge in [0.2, 0.25) is 35.3 Å². The van der Waals surface area contributed by atoms with Gasteiger partial charge in [0.05, 0.1) is 24.2 Å². The van der Waals surface area contributed by atoms with E-state index in [2.05, 4.69) is 26.6 Å². The third-order valence-corrected chi connectivity index (χ3v) is 17.3. The number of hydrogen-bond donors (Lipinski definition) is 5. The number of ketones is 2. The molecule has 2 aliphatic heterocycles. The lowest BCUT2D eigenvalue weighted by Gasteiger charge is -2.36. The Morgan fingerprint density at radius 3 is 1.83 bits per heavy atom. The molecule has 2 saturated heterocycles. The lowest BCUT2D eigenvalue weighted by atomic mass is 9.82. The highest BCUT2D eigenvalue weighted by Crippen LogP contribution is 2.37. The number of hydrogen-bond acceptors (Lipinski definition) is 12. The van der Waals surface area contributed by atoms with Crippen molar-refractivity contribution in [2.75, 3.05) is 33.3 Å². The number of ether oxygens (including phenoxy) is 1. The molecule has 77 heavy (non-hydrogen) atoms. The summed E-state index contributed by atoms with van der Waals surface area (Å²) in [6, 6.07) is 21.7. The first-order valence-electron chi connectivity index (χ1n) is 28.1. The van der Waals surface area contributed by atoms with Crippen molar-refractivity contribution in [1.29, 1.82) is 0 Å². The van der Waals surface area contributed by atoms with Crippen molar-refractivity contribution in [3.05, 3.63) is 118 Å². The lowest BCUT2D eigenvalue weighted by molar-refractivity contribution is -0.143. The molecule has 8 rings (SSSR count). The van der Waals surface area contributed by atoms with Gasteiger partial charge in [0.25, 0.3) is 0 Å². The number of carbonyl (C=O) groups excluding carboxylic acids is 7. The molecule has 2 saturated carbocycles. The summed E-state index contributed by atoms with van der Waals surface area (Å²) in [5.41, 5.74) is 2.47. The second kappa shape index (κ2) is 27.3. The lowest BCUT2D eigenvalue weighted by Crippen LogP contribution is -2.59. The van der Waals surface area contributed by atoms with Crippen molar-refractivity contribution >= 4 is 52.4 Å². The van der Waals surface area contributed by atoms with Crippen LogP contribution in [0.5, 0.6) is 5.75 Å². The zero-order valence-corrected chi connectivity index (χ0v) is 46.0. The van der Waals surface area contributed by atoms with Crippen molar-refractivity contribution in [2.24, 2.45) is 11.8 Å². The van der Waals surface area contributed by atoms with Gasteiger partial charge in [-0.3, -0.25) is 33.6 Å². The van der Waals surface area contributed by atoms with Crippen molar-refractivity contribution in [1.82, 2.24) is 41.4 Å². The first-order chi connectivity index (χ1) is 37.3. The van der Waals surface area contributed by atoms with Crippen LogP contribution in [0.4, 0.5) is 0 Å². The molecule has 7 atom stereocenters. The topological polar surface area (TPSA) is 208 Å². The number of benzene rings is 3. The smallest absolute Gasteiger partial charge is 0.246 e. The summed E-state index contributed by atoms with van der Waals surface area (Å²) in [6.07, 6.45) is 12.1. The Morgan fingerprint density at radius 1 is 0.662 bits per heavy atom. The van der Waals surface area contributed by atoms with Crippen molar-refractivity contribution in [2.45, 2.75) is 159 Å². The van der Waals surface area contributed by atoms with E-state index in [9.17, 15) is 33.6 Å². The van der Waals surface area contributed by atoms with E-state index in [4.69, 9.17) is 9.72 Å². The van der Waals surface area contributed by atoms with E-state index in [0.29, 0.717) is 48.8 Å². The molecular weight excluding hydrogens is 993 g/mol. The Hall–Kier alpha value is -6.30. The Morgan fingerprint density at radius 2 is 1.23 bits per heavy atom. The number of thiazole rings is 1. The Bertz CT molecular complexity index is 2620. The number of amides is 5. The second-order valence-electron chi connectivity index (χ2n) is 21.5. The van der Waals surface area contributed by atoms with Gasteiger partial charge in [-0.1, -0.05) is 111 Å². The van der Waals surface area contributed by atoms with Gasteiger partial charge >= 0.3 is 0 Å². The van der Waals surface area contributed by atoms with Crippen LogP contribution in [0.1, 0.15) is 155 Å². The zero-order chi connectivity index (χ0) is 54.4. The molecule has 16 nitrogen and oxygen atoms in total. The van der Waals surface area contributed by atoms with E-state index in [-0.39, 0.29) is 71.3 Å². The summed E-state index contributed by atoms with van der Waals surface area (Å²) in [7, 11) is 1.73. The van der Waals surface area contributed by atoms with E-state index in [1.807, 2.05) is 65.6 Å². The molecule has 0 bridgehead atoms. The van der Waals surface area contributed by atoms with Gasteiger partial charge in [-0.2, -0.15) is 0 Å². The minimum atomic E-state index is -0.867. The molecule has 7 unspecified atom stereocenters. The number of likely N-dealkylation sites (tertiary alicyclic amines) is 2. The number of likely N-dealkylation sites (N-methyl/N-ethyl adjacent to an activating group) is 1. The summed E-state index contributed by atoms with van der Waals surface area (Å²) in [5.74, 6) is -1.72. The maximum absolute atomic E-state index is 14.7. The highest BCUT2D eigenvalue weighted by atomic mass is 32.1. The average Bonchev–Trinajstić information content (AvgIpc) is 4.28. The molecule has 0 radical (unpaired) electrons. The molecule has 1 aromatic heterocycles. The van der Waals surface area contributed by atoms with Crippen molar-refractivity contribution in [3.63, 3.8) is 0 Å². The molecule has 4 aliphatic rings. The largest absolute Gasteiger partial charge is 0.492 e. The third kappa shape index (κ3) is 14.3. The highest BCUT2D eigenvalue weighted by Gasteiger charge is 2.44. The van der Waals surface area contributed by atoms with Crippen LogP contribution in [0.15, 0.2) is 90.3 Å². The number of aromatic nitrogens is 1. The minimum absolute atomic E-state index is 0.0712. The molecule has 412 valence electrons. The van der Waals surface area contributed by atoms with Crippen LogP contribution in [0.25, 0.3) is 0 Å². The first kappa shape index (κ1) is 56.9. The normalized spacial score (nSPS) is 20.2. The van der Waals surface area contributed by atoms with Gasteiger partial charge in [0, 0.05) is 36.5 Å². The quantitative estimate of drug-likeness (QED) is 0.0377. The maximum atomic E-state index is 14.7. The van der Waals surface area contributed by atoms with E-state index in [0.717, 1.165) is 88.2 Å². The monoisotopic (exact) mass is 1070 g/mol. The van der Waals surface area contributed by atoms with Crippen LogP contribution in [-0.2, 0) is 28.8 Å². The highest BCUT2D eigenvalue weighted by molar-refractivity contribution is 7.10. The number of nitrogens with one attached hydrogen (secondary N) is 5. The predicted molar refractivity (Wildman–Crippen MR) is 296 cm³/mol. The number of rotatable bonds is 23. The summed E-state index contributed by atoms with van der Waals surface area (Å²) < 4.78 is 6.07. The van der Waals surface area contributed by atoms with E-state index < -0.39 is 42.2 Å². The molecule has 5 amide bonds. The second-order valence-corrected chi connectivity index (χ2v) is 22.4. The van der Waals surface area contributed by atoms with Gasteiger partial charge in [0.15, 0.2) is 5.78 Å². The van der Waals surface area contributed by atoms with E-state index in [1.165, 1.54) is 18.3 Å². The molecule has 0 spiro atoms. The number of nitrogens with zero attached hydrogens (tertiary/aromatic N) is 3. The molecule has 5 N–H and O–H groups in total. The molecular formula is C60H78N8O8S. The van der Waals surface area contributed by atoms with Gasteiger partial charge in [0.1, 0.15) is 41.2 Å². The molecule has 3 heterocycles. The number of Topliss-reactive ketones (excluding diaryl/α,β-unsaturated/α-hetero) is 1. The molecule has 4 aromatic rings. The first-order valence-corrected chi connectivity index (χ1v) is 29.0.